The SMILES string of the molecule is CCc1cccc(C)c1Nc1ncc(C(=O)NC2CCCC2)cn1. The third-order valence-electron chi connectivity index (χ3n) is 4.58. The van der Waals surface area contributed by atoms with Gasteiger partial charge in [-0.3, -0.25) is 4.79 Å². The summed E-state index contributed by atoms with van der Waals surface area (Å²) in [5.74, 6) is 0.426. The second-order valence-corrected chi connectivity index (χ2v) is 6.34. The Morgan fingerprint density at radius 3 is 2.58 bits per heavy atom. The molecule has 2 aromatic rings. The highest BCUT2D eigenvalue weighted by molar-refractivity contribution is 5.93. The molecule has 24 heavy (non-hydrogen) atoms. The van der Waals surface area contributed by atoms with Gasteiger partial charge in [0.25, 0.3) is 5.91 Å². The molecule has 1 aliphatic carbocycles. The first-order chi connectivity index (χ1) is 11.7. The van der Waals surface area contributed by atoms with Gasteiger partial charge in [0.1, 0.15) is 0 Å². The van der Waals surface area contributed by atoms with Crippen molar-refractivity contribution in [2.24, 2.45) is 0 Å². The molecule has 1 amide bonds. The molecule has 5 nitrogen and oxygen atoms in total. The molecule has 1 fully saturated rings. The monoisotopic (exact) mass is 324 g/mol. The van der Waals surface area contributed by atoms with Gasteiger partial charge in [-0.2, -0.15) is 0 Å². The molecule has 1 saturated carbocycles. The topological polar surface area (TPSA) is 66.9 Å². The lowest BCUT2D eigenvalue weighted by atomic mass is 10.1. The van der Waals surface area contributed by atoms with Gasteiger partial charge in [0, 0.05) is 24.1 Å². The van der Waals surface area contributed by atoms with Crippen LogP contribution < -0.4 is 10.6 Å². The van der Waals surface area contributed by atoms with Crippen molar-refractivity contribution < 1.29 is 4.79 Å². The Kier molecular flexibility index (Phi) is 5.08. The number of carbonyl (C=O) groups is 1. The molecule has 126 valence electrons. The zero-order valence-corrected chi connectivity index (χ0v) is 14.3. The van der Waals surface area contributed by atoms with Crippen molar-refractivity contribution in [1.82, 2.24) is 15.3 Å². The summed E-state index contributed by atoms with van der Waals surface area (Å²) >= 11 is 0. The lowest BCUT2D eigenvalue weighted by Gasteiger charge is -2.13. The molecular weight excluding hydrogens is 300 g/mol. The maximum Gasteiger partial charge on any atom is 0.254 e. The number of amides is 1. The first-order valence-corrected chi connectivity index (χ1v) is 8.65. The van der Waals surface area contributed by atoms with Crippen LogP contribution in [0.1, 0.15) is 54.1 Å². The van der Waals surface area contributed by atoms with Gasteiger partial charge in [-0.25, -0.2) is 9.97 Å². The number of nitrogens with one attached hydrogen (secondary N) is 2. The molecule has 0 aliphatic heterocycles. The lowest BCUT2D eigenvalue weighted by molar-refractivity contribution is 0.0937. The molecule has 1 aliphatic rings. The van der Waals surface area contributed by atoms with Crippen molar-refractivity contribution in [2.75, 3.05) is 5.32 Å². The van der Waals surface area contributed by atoms with Gasteiger partial charge in [-0.1, -0.05) is 38.0 Å². The second-order valence-electron chi connectivity index (χ2n) is 6.34. The van der Waals surface area contributed by atoms with E-state index in [4.69, 9.17) is 0 Å². The number of para-hydroxylation sites is 1. The number of rotatable bonds is 5. The summed E-state index contributed by atoms with van der Waals surface area (Å²) in [5, 5.41) is 6.33. The highest BCUT2D eigenvalue weighted by Gasteiger charge is 2.18. The summed E-state index contributed by atoms with van der Waals surface area (Å²) in [6, 6.07) is 6.51. The summed E-state index contributed by atoms with van der Waals surface area (Å²) < 4.78 is 0. The van der Waals surface area contributed by atoms with Gasteiger partial charge in [-0.15, -0.1) is 0 Å². The number of anilines is 2. The molecule has 0 atom stereocenters. The first-order valence-electron chi connectivity index (χ1n) is 8.65. The third-order valence-corrected chi connectivity index (χ3v) is 4.58. The van der Waals surface area contributed by atoms with E-state index in [0.717, 1.165) is 30.5 Å². The van der Waals surface area contributed by atoms with Gasteiger partial charge in [0.2, 0.25) is 5.95 Å². The van der Waals surface area contributed by atoms with Crippen molar-refractivity contribution in [3.8, 4) is 0 Å². The van der Waals surface area contributed by atoms with E-state index < -0.39 is 0 Å². The fourth-order valence-corrected chi connectivity index (χ4v) is 3.16. The Labute approximate surface area is 142 Å². The van der Waals surface area contributed by atoms with Crippen LogP contribution in [0, 0.1) is 6.92 Å². The van der Waals surface area contributed by atoms with Crippen molar-refractivity contribution in [3.05, 3.63) is 47.3 Å². The lowest BCUT2D eigenvalue weighted by Crippen LogP contribution is -2.32. The van der Waals surface area contributed by atoms with E-state index in [1.165, 1.54) is 18.4 Å². The summed E-state index contributed by atoms with van der Waals surface area (Å²) in [5.41, 5.74) is 3.93. The van der Waals surface area contributed by atoms with E-state index in [-0.39, 0.29) is 5.91 Å². The first kappa shape index (κ1) is 16.4. The van der Waals surface area contributed by atoms with Crippen LogP contribution in [0.2, 0.25) is 0 Å². The van der Waals surface area contributed by atoms with Crippen LogP contribution in [0.4, 0.5) is 11.6 Å². The van der Waals surface area contributed by atoms with E-state index in [1.54, 1.807) is 12.4 Å². The predicted octanol–water partition coefficient (Wildman–Crippen LogP) is 3.76. The Hall–Kier alpha value is -2.43. The summed E-state index contributed by atoms with van der Waals surface area (Å²) in [6.45, 7) is 4.18. The van der Waals surface area contributed by atoms with Crippen LogP contribution in [0.15, 0.2) is 30.6 Å². The van der Waals surface area contributed by atoms with Crippen molar-refractivity contribution in [1.29, 1.82) is 0 Å². The zero-order chi connectivity index (χ0) is 16.9. The number of aromatic nitrogens is 2. The minimum absolute atomic E-state index is 0.0846. The number of nitrogens with zero attached hydrogens (tertiary/aromatic N) is 2. The molecular formula is C19H24N4O. The van der Waals surface area contributed by atoms with Crippen LogP contribution in [0.5, 0.6) is 0 Å². The minimum atomic E-state index is -0.0846. The summed E-state index contributed by atoms with van der Waals surface area (Å²) in [6.07, 6.45) is 8.64. The number of hydrogen-bond donors (Lipinski definition) is 2. The molecule has 0 saturated heterocycles. The number of aryl methyl sites for hydroxylation is 2. The Balaban J connectivity index is 1.69. The molecule has 3 rings (SSSR count). The number of carbonyl (C=O) groups excluding carboxylic acids is 1. The molecule has 0 bridgehead atoms. The van der Waals surface area contributed by atoms with Crippen LogP contribution in [-0.2, 0) is 6.42 Å². The summed E-state index contributed by atoms with van der Waals surface area (Å²) in [7, 11) is 0. The smallest absolute Gasteiger partial charge is 0.254 e. The molecule has 1 heterocycles. The number of benzene rings is 1. The van der Waals surface area contributed by atoms with Gasteiger partial charge in [0.05, 0.1) is 5.56 Å². The largest absolute Gasteiger partial charge is 0.349 e. The predicted molar refractivity (Wildman–Crippen MR) is 95.6 cm³/mol. The van der Waals surface area contributed by atoms with Gasteiger partial charge in [-0.05, 0) is 37.3 Å². The van der Waals surface area contributed by atoms with Gasteiger partial charge < -0.3 is 10.6 Å². The van der Waals surface area contributed by atoms with Crippen molar-refractivity contribution in [2.45, 2.75) is 52.0 Å². The van der Waals surface area contributed by atoms with E-state index in [1.807, 2.05) is 0 Å². The molecule has 1 aromatic carbocycles. The molecule has 0 unspecified atom stereocenters. The van der Waals surface area contributed by atoms with Crippen LogP contribution in [-0.4, -0.2) is 21.9 Å². The highest BCUT2D eigenvalue weighted by atomic mass is 16.1. The van der Waals surface area contributed by atoms with Crippen molar-refractivity contribution in [3.63, 3.8) is 0 Å². The Morgan fingerprint density at radius 2 is 1.92 bits per heavy atom. The molecule has 0 radical (unpaired) electrons. The maximum absolute atomic E-state index is 12.2. The van der Waals surface area contributed by atoms with E-state index in [0.29, 0.717) is 17.6 Å². The Morgan fingerprint density at radius 1 is 1.21 bits per heavy atom. The average Bonchev–Trinajstić information content (AvgIpc) is 3.10. The zero-order valence-electron chi connectivity index (χ0n) is 14.3. The standard InChI is InChI=1S/C19H24N4O/c1-3-14-8-6-7-13(2)17(14)23-19-20-11-15(12-21-19)18(24)22-16-9-4-5-10-16/h6-8,11-12,16H,3-5,9-10H2,1-2H3,(H,22,24)(H,20,21,23). The third kappa shape index (κ3) is 3.72. The molecule has 2 N–H and O–H groups in total. The van der Waals surface area contributed by atoms with E-state index >= 15 is 0 Å². The quantitative estimate of drug-likeness (QED) is 0.879. The maximum atomic E-state index is 12.2. The summed E-state index contributed by atoms with van der Waals surface area (Å²) in [4.78, 5) is 20.8. The molecule has 1 aromatic heterocycles. The Bertz CT molecular complexity index is 706. The minimum Gasteiger partial charge on any atom is -0.349 e. The number of hydrogen-bond acceptors (Lipinski definition) is 4. The molecule has 5 heteroatoms. The van der Waals surface area contributed by atoms with E-state index in [2.05, 4.69) is 52.6 Å². The van der Waals surface area contributed by atoms with E-state index in [9.17, 15) is 4.79 Å². The fourth-order valence-electron chi connectivity index (χ4n) is 3.16. The van der Waals surface area contributed by atoms with Gasteiger partial charge >= 0.3 is 0 Å². The second kappa shape index (κ2) is 7.43. The average molecular weight is 324 g/mol. The van der Waals surface area contributed by atoms with Crippen molar-refractivity contribution >= 4 is 17.5 Å². The van der Waals surface area contributed by atoms with Crippen LogP contribution >= 0.6 is 0 Å². The fraction of sp³-hybridized carbons (Fsp3) is 0.421. The van der Waals surface area contributed by atoms with Crippen LogP contribution in [0.3, 0.4) is 0 Å². The van der Waals surface area contributed by atoms with Gasteiger partial charge in [0.15, 0.2) is 0 Å². The molecule has 0 spiro atoms. The van der Waals surface area contributed by atoms with Crippen LogP contribution in [0.25, 0.3) is 0 Å². The normalized spacial score (nSPS) is 14.6. The highest BCUT2D eigenvalue weighted by Crippen LogP contribution is 2.23.